The Labute approximate surface area is 320 Å². The molecule has 0 aromatic heterocycles. The van der Waals surface area contributed by atoms with Crippen LogP contribution < -0.4 is 31.1 Å². The number of hydrogen-bond donors (Lipinski definition) is 5. The molecule has 0 radical (unpaired) electrons. The minimum absolute atomic E-state index is 0.0330. The number of alkyl carbamates (subject to hydrolysis) is 1. The third-order valence-corrected chi connectivity index (χ3v) is 10.0. The van der Waals surface area contributed by atoms with Crippen molar-refractivity contribution in [3.63, 3.8) is 0 Å². The first-order valence-electron chi connectivity index (χ1n) is 19.3. The number of nitrogens with two attached hydrogens (primary N) is 1. The Morgan fingerprint density at radius 3 is 1.43 bits per heavy atom. The van der Waals surface area contributed by atoms with Crippen molar-refractivity contribution in [3.05, 3.63) is 89.5 Å². The first-order chi connectivity index (χ1) is 26.4. The van der Waals surface area contributed by atoms with Gasteiger partial charge < -0.3 is 60.2 Å². The van der Waals surface area contributed by atoms with Crippen molar-refractivity contribution in [2.75, 3.05) is 120 Å². The molecule has 3 unspecified atom stereocenters. The molecule has 3 aromatic carbocycles. The highest BCUT2D eigenvalue weighted by Crippen LogP contribution is 2.20. The fourth-order valence-electron chi connectivity index (χ4n) is 6.72. The number of rotatable bonds is 12. The van der Waals surface area contributed by atoms with Gasteiger partial charge >= 0.3 is 6.09 Å². The molecule has 54 heavy (non-hydrogen) atoms. The second-order valence-corrected chi connectivity index (χ2v) is 14.0. The Kier molecular flexibility index (Phi) is 17.1. The number of cyclic esters (lactones) is 1. The van der Waals surface area contributed by atoms with Crippen molar-refractivity contribution < 1.29 is 34.0 Å². The summed E-state index contributed by atoms with van der Waals surface area (Å²) >= 11 is 0. The Balaban J connectivity index is 0.000000156. The van der Waals surface area contributed by atoms with Crippen molar-refractivity contribution in [1.82, 2.24) is 10.6 Å². The Morgan fingerprint density at radius 2 is 1.07 bits per heavy atom. The predicted molar refractivity (Wildman–Crippen MR) is 213 cm³/mol. The zero-order chi connectivity index (χ0) is 38.0. The van der Waals surface area contributed by atoms with Crippen LogP contribution in [0.5, 0.6) is 0 Å². The van der Waals surface area contributed by atoms with E-state index < -0.39 is 0 Å². The summed E-state index contributed by atoms with van der Waals surface area (Å²) in [6, 6.07) is 25.6. The number of likely N-dealkylation sites (N-methyl/N-ethyl adjacent to an activating group) is 1. The summed E-state index contributed by atoms with van der Waals surface area (Å²) in [6.07, 6.45) is 2.08. The van der Waals surface area contributed by atoms with Crippen LogP contribution in [-0.2, 0) is 38.2 Å². The van der Waals surface area contributed by atoms with Crippen LogP contribution in [-0.4, -0.2) is 140 Å². The quantitative estimate of drug-likeness (QED) is 0.185. The summed E-state index contributed by atoms with van der Waals surface area (Å²) in [5.41, 5.74) is 13.1. The number of carbonyl (C=O) groups excluding carboxylic acids is 1. The average molecular weight is 749 g/mol. The normalized spacial score (nSPS) is 19.7. The van der Waals surface area contributed by atoms with E-state index in [0.717, 1.165) is 98.2 Å². The molecule has 0 bridgehead atoms. The lowest BCUT2D eigenvalue weighted by molar-refractivity contribution is 0.122. The lowest BCUT2D eigenvalue weighted by Crippen LogP contribution is -2.36. The molecule has 4 aliphatic rings. The van der Waals surface area contributed by atoms with Crippen molar-refractivity contribution in [2.45, 2.75) is 37.4 Å². The lowest BCUT2D eigenvalue weighted by atomic mass is 10.1. The summed E-state index contributed by atoms with van der Waals surface area (Å²) < 4.78 is 20.9. The van der Waals surface area contributed by atoms with Gasteiger partial charge in [-0.1, -0.05) is 36.4 Å². The van der Waals surface area contributed by atoms with E-state index in [2.05, 4.69) is 98.1 Å². The highest BCUT2D eigenvalue weighted by Gasteiger charge is 2.22. The lowest BCUT2D eigenvalue weighted by Gasteiger charge is -2.29. The fraction of sp³-hybridized carbons (Fsp3) is 0.537. The molecule has 13 nitrogen and oxygen atoms in total. The monoisotopic (exact) mass is 748 g/mol. The molecular formula is C41H60N6O7. The van der Waals surface area contributed by atoms with E-state index in [9.17, 15) is 4.79 Å². The van der Waals surface area contributed by atoms with Crippen LogP contribution in [0.1, 0.15) is 16.7 Å². The number of hydrogen-bond acceptors (Lipinski definition) is 12. The molecule has 4 fully saturated rings. The summed E-state index contributed by atoms with van der Waals surface area (Å²) in [7, 11) is 1.88. The molecule has 6 N–H and O–H groups in total. The molecule has 4 aliphatic heterocycles. The van der Waals surface area contributed by atoms with E-state index in [0.29, 0.717) is 6.61 Å². The minimum atomic E-state index is -0.310. The van der Waals surface area contributed by atoms with Gasteiger partial charge in [-0.05, 0) is 79.4 Å². The van der Waals surface area contributed by atoms with E-state index in [4.69, 9.17) is 34.9 Å². The van der Waals surface area contributed by atoms with Crippen LogP contribution in [0.3, 0.4) is 0 Å². The van der Waals surface area contributed by atoms with Crippen molar-refractivity contribution >= 4 is 23.2 Å². The molecule has 0 aliphatic carbocycles. The van der Waals surface area contributed by atoms with Gasteiger partial charge in [0.15, 0.2) is 0 Å². The van der Waals surface area contributed by atoms with Crippen LogP contribution in [0.25, 0.3) is 0 Å². The standard InChI is InChI=1S/C14H18N2O3.C14H22N2O2.C13H20N2O2/c17-14-15-12(10-19-14)9-11-1-3-13(4-2-11)16-5-7-18-8-6-16;1-15-13(11-17)10-12-2-4-14(5-3-12)16-6-8-18-9-7-16;14-12(10-16)9-11-1-3-13(4-2-11)15-5-7-17-8-6-15/h1-4,12H,5-10H2,(H,15,17);2-5,13,15,17H,6-11H2,1H3;1-4,12,16H,5-10,14H2. The minimum Gasteiger partial charge on any atom is -0.447 e. The third kappa shape index (κ3) is 13.4. The number of carbonyl (C=O) groups is 1. The SMILES string of the molecule is CNC(CO)Cc1ccc(N2CCOCC2)cc1.NC(CO)Cc1ccc(N2CCOCC2)cc1.O=C1NC(Cc2ccc(N3CCOCC3)cc2)CO1. The van der Waals surface area contributed by atoms with E-state index in [1.165, 1.54) is 33.8 Å². The van der Waals surface area contributed by atoms with Gasteiger partial charge in [-0.2, -0.15) is 0 Å². The van der Waals surface area contributed by atoms with Gasteiger partial charge in [0, 0.05) is 68.4 Å². The van der Waals surface area contributed by atoms with E-state index in [1.54, 1.807) is 0 Å². The Hall–Kier alpha value is -3.95. The van der Waals surface area contributed by atoms with Crippen LogP contribution in [0.4, 0.5) is 21.9 Å². The van der Waals surface area contributed by atoms with E-state index in [1.807, 2.05) is 7.05 Å². The molecule has 7 rings (SSSR count). The summed E-state index contributed by atoms with van der Waals surface area (Å²) in [5.74, 6) is 0. The maximum atomic E-state index is 11.0. The molecule has 296 valence electrons. The molecule has 3 aromatic rings. The van der Waals surface area contributed by atoms with Gasteiger partial charge in [-0.25, -0.2) is 4.79 Å². The molecule has 4 saturated heterocycles. The van der Waals surface area contributed by atoms with Gasteiger partial charge in [0.05, 0.1) is 58.9 Å². The second-order valence-electron chi connectivity index (χ2n) is 14.0. The van der Waals surface area contributed by atoms with Gasteiger partial charge in [0.25, 0.3) is 0 Å². The van der Waals surface area contributed by atoms with E-state index >= 15 is 0 Å². The highest BCUT2D eigenvalue weighted by atomic mass is 16.6. The topological polar surface area (TPSA) is 154 Å². The van der Waals surface area contributed by atoms with Gasteiger partial charge in [0.1, 0.15) is 6.61 Å². The second kappa shape index (κ2) is 22.4. The molecule has 3 atom stereocenters. The zero-order valence-corrected chi connectivity index (χ0v) is 31.7. The first kappa shape index (κ1) is 41.2. The first-order valence-corrected chi connectivity index (χ1v) is 19.3. The smallest absolute Gasteiger partial charge is 0.407 e. The van der Waals surface area contributed by atoms with Crippen molar-refractivity contribution in [2.24, 2.45) is 5.73 Å². The molecule has 4 heterocycles. The highest BCUT2D eigenvalue weighted by molar-refractivity contribution is 5.69. The van der Waals surface area contributed by atoms with Crippen molar-refractivity contribution in [3.8, 4) is 0 Å². The number of benzene rings is 3. The van der Waals surface area contributed by atoms with Crippen LogP contribution in [0, 0.1) is 0 Å². The summed E-state index contributed by atoms with van der Waals surface area (Å²) in [6.45, 7) is 11.2. The predicted octanol–water partition coefficient (Wildman–Crippen LogP) is 2.21. The number of nitrogens with one attached hydrogen (secondary N) is 2. The van der Waals surface area contributed by atoms with Gasteiger partial charge in [-0.15, -0.1) is 0 Å². The third-order valence-electron chi connectivity index (χ3n) is 10.0. The van der Waals surface area contributed by atoms with Gasteiger partial charge in [0.2, 0.25) is 0 Å². The molecule has 0 spiro atoms. The number of morpholine rings is 3. The summed E-state index contributed by atoms with van der Waals surface area (Å²) in [5, 5.41) is 24.0. The number of amides is 1. The maximum absolute atomic E-state index is 11.0. The van der Waals surface area contributed by atoms with Crippen LogP contribution >= 0.6 is 0 Å². The number of aliphatic hydroxyl groups is 2. The molecular weight excluding hydrogens is 688 g/mol. The largest absolute Gasteiger partial charge is 0.447 e. The fourth-order valence-corrected chi connectivity index (χ4v) is 6.72. The number of nitrogens with zero attached hydrogens (tertiary/aromatic N) is 3. The maximum Gasteiger partial charge on any atom is 0.407 e. The number of aliphatic hydroxyl groups excluding tert-OH is 2. The van der Waals surface area contributed by atoms with Crippen LogP contribution in [0.2, 0.25) is 0 Å². The van der Waals surface area contributed by atoms with Gasteiger partial charge in [-0.3, -0.25) is 0 Å². The molecule has 13 heteroatoms. The van der Waals surface area contributed by atoms with Crippen LogP contribution in [0.15, 0.2) is 72.8 Å². The number of anilines is 3. The zero-order valence-electron chi connectivity index (χ0n) is 31.7. The molecule has 0 saturated carbocycles. The van der Waals surface area contributed by atoms with E-state index in [-0.39, 0.29) is 37.4 Å². The Bertz CT molecular complexity index is 1480. The van der Waals surface area contributed by atoms with Crippen molar-refractivity contribution in [1.29, 1.82) is 0 Å². The molecule has 1 amide bonds. The average Bonchev–Trinajstić information content (AvgIpc) is 3.66. The number of ether oxygens (including phenoxy) is 4. The Morgan fingerprint density at radius 1 is 0.667 bits per heavy atom. The summed E-state index contributed by atoms with van der Waals surface area (Å²) in [4.78, 5) is 17.9.